The molecule has 0 heterocycles. The fourth-order valence-corrected chi connectivity index (χ4v) is 0.920. The van der Waals surface area contributed by atoms with Crippen LogP contribution in [0.4, 0.5) is 0 Å². The van der Waals surface area contributed by atoms with E-state index >= 15 is 0 Å². The van der Waals surface area contributed by atoms with Crippen molar-refractivity contribution in [1.29, 1.82) is 0 Å². The van der Waals surface area contributed by atoms with Gasteiger partial charge in [-0.1, -0.05) is 31.9 Å². The average Bonchev–Trinajstić information content (AvgIpc) is 1.61. The van der Waals surface area contributed by atoms with Gasteiger partial charge >= 0.3 is 0 Å². The number of halogens is 2. The molecule has 2 N–H and O–H groups in total. The monoisotopic (exact) mass is 229 g/mol. The minimum absolute atomic E-state index is 0.185. The molecular formula is C4H9Br2N. The molecule has 44 valence electrons. The van der Waals surface area contributed by atoms with Crippen molar-refractivity contribution in [2.75, 3.05) is 5.33 Å². The number of hydrogen-bond donors (Lipinski definition) is 1. The van der Waals surface area contributed by atoms with Gasteiger partial charge in [0.1, 0.15) is 0 Å². The molecule has 3 heteroatoms. The van der Waals surface area contributed by atoms with E-state index in [0.717, 1.165) is 18.2 Å². The lowest BCUT2D eigenvalue weighted by atomic mass is 10.3. The van der Waals surface area contributed by atoms with Crippen molar-refractivity contribution in [3.8, 4) is 0 Å². The molecule has 0 saturated carbocycles. The van der Waals surface area contributed by atoms with Crippen molar-refractivity contribution < 1.29 is 0 Å². The van der Waals surface area contributed by atoms with E-state index in [-0.39, 0.29) is 4.95 Å². The molecule has 0 radical (unpaired) electrons. The molecule has 0 amide bonds. The Morgan fingerprint density at radius 3 is 2.29 bits per heavy atom. The Balaban J connectivity index is 2.68. The van der Waals surface area contributed by atoms with Crippen LogP contribution in [-0.4, -0.2) is 10.3 Å². The number of rotatable bonds is 3. The Bertz CT molecular complexity index is 38.7. The first-order chi connectivity index (χ1) is 3.27. The van der Waals surface area contributed by atoms with Crippen molar-refractivity contribution in [3.63, 3.8) is 0 Å². The zero-order valence-electron chi connectivity index (χ0n) is 4.03. The number of hydrogen-bond acceptors (Lipinski definition) is 1. The average molecular weight is 231 g/mol. The van der Waals surface area contributed by atoms with Crippen LogP contribution in [-0.2, 0) is 0 Å². The highest BCUT2D eigenvalue weighted by Gasteiger charge is 1.91. The first kappa shape index (κ1) is 7.92. The molecule has 1 nitrogen and oxygen atoms in total. The van der Waals surface area contributed by atoms with Crippen molar-refractivity contribution in [3.05, 3.63) is 0 Å². The summed E-state index contributed by atoms with van der Waals surface area (Å²) in [6.45, 7) is 0. The Morgan fingerprint density at radius 1 is 1.57 bits per heavy atom. The van der Waals surface area contributed by atoms with Gasteiger partial charge in [-0.05, 0) is 12.8 Å². The van der Waals surface area contributed by atoms with Crippen molar-refractivity contribution in [2.45, 2.75) is 17.8 Å². The van der Waals surface area contributed by atoms with Gasteiger partial charge in [0.05, 0.1) is 4.95 Å². The molecule has 0 aromatic carbocycles. The maximum atomic E-state index is 5.37. The van der Waals surface area contributed by atoms with Crippen LogP contribution in [0.15, 0.2) is 0 Å². The van der Waals surface area contributed by atoms with Crippen LogP contribution in [0.3, 0.4) is 0 Å². The molecule has 0 spiro atoms. The second kappa shape index (κ2) is 5.06. The van der Waals surface area contributed by atoms with Crippen LogP contribution in [0.1, 0.15) is 12.8 Å². The molecule has 0 aliphatic carbocycles. The van der Waals surface area contributed by atoms with E-state index in [2.05, 4.69) is 31.9 Å². The normalized spacial score (nSPS) is 14.1. The molecule has 0 bridgehead atoms. The second-order valence-electron chi connectivity index (χ2n) is 1.35. The third kappa shape index (κ3) is 6.92. The zero-order valence-corrected chi connectivity index (χ0v) is 7.20. The smallest absolute Gasteiger partial charge is 0.0605 e. The van der Waals surface area contributed by atoms with Crippen molar-refractivity contribution in [2.24, 2.45) is 5.73 Å². The number of alkyl halides is 2. The van der Waals surface area contributed by atoms with Crippen LogP contribution >= 0.6 is 31.9 Å². The molecule has 0 saturated heterocycles. The fourth-order valence-electron chi connectivity index (χ4n) is 0.272. The van der Waals surface area contributed by atoms with Gasteiger partial charge in [-0.15, -0.1) is 0 Å². The Kier molecular flexibility index (Phi) is 5.73. The van der Waals surface area contributed by atoms with Crippen LogP contribution in [0, 0.1) is 0 Å². The van der Waals surface area contributed by atoms with Gasteiger partial charge in [0.15, 0.2) is 0 Å². The van der Waals surface area contributed by atoms with E-state index in [4.69, 9.17) is 5.73 Å². The summed E-state index contributed by atoms with van der Waals surface area (Å²) in [5, 5.41) is 1.05. The third-order valence-corrected chi connectivity index (χ3v) is 1.63. The summed E-state index contributed by atoms with van der Waals surface area (Å²) in [7, 11) is 0. The Labute approximate surface area is 60.9 Å². The van der Waals surface area contributed by atoms with Gasteiger partial charge in [-0.25, -0.2) is 0 Å². The van der Waals surface area contributed by atoms with Gasteiger partial charge in [0.2, 0.25) is 0 Å². The van der Waals surface area contributed by atoms with Gasteiger partial charge in [0.25, 0.3) is 0 Å². The fraction of sp³-hybridized carbons (Fsp3) is 1.00. The Hall–Kier alpha value is 0.920. The summed E-state index contributed by atoms with van der Waals surface area (Å²) >= 11 is 6.53. The minimum atomic E-state index is 0.185. The van der Waals surface area contributed by atoms with Crippen LogP contribution in [0.2, 0.25) is 0 Å². The predicted molar refractivity (Wildman–Crippen MR) is 39.9 cm³/mol. The summed E-state index contributed by atoms with van der Waals surface area (Å²) < 4.78 is 0. The summed E-state index contributed by atoms with van der Waals surface area (Å²) in [5.74, 6) is 0. The Morgan fingerprint density at radius 2 is 2.14 bits per heavy atom. The lowest BCUT2D eigenvalue weighted by molar-refractivity contribution is 0.784. The zero-order chi connectivity index (χ0) is 5.70. The van der Waals surface area contributed by atoms with Crippen LogP contribution in [0.5, 0.6) is 0 Å². The molecule has 7 heavy (non-hydrogen) atoms. The van der Waals surface area contributed by atoms with E-state index in [1.807, 2.05) is 0 Å². The molecule has 0 aromatic rings. The predicted octanol–water partition coefficient (Wildman–Crippen LogP) is 1.84. The standard InChI is InChI=1S/C4H9Br2N/c5-3-1-2-4(6)7/h4H,1-3,7H2. The molecule has 0 aliphatic heterocycles. The van der Waals surface area contributed by atoms with Gasteiger partial charge in [-0.2, -0.15) is 0 Å². The molecule has 0 aliphatic rings. The van der Waals surface area contributed by atoms with Gasteiger partial charge in [-0.3, -0.25) is 0 Å². The van der Waals surface area contributed by atoms with E-state index < -0.39 is 0 Å². The lowest BCUT2D eigenvalue weighted by Gasteiger charge is -1.96. The highest BCUT2D eigenvalue weighted by atomic mass is 79.9. The van der Waals surface area contributed by atoms with E-state index in [9.17, 15) is 0 Å². The summed E-state index contributed by atoms with van der Waals surface area (Å²) in [6, 6.07) is 0. The second-order valence-corrected chi connectivity index (χ2v) is 3.32. The molecule has 1 unspecified atom stereocenters. The van der Waals surface area contributed by atoms with E-state index in [0.29, 0.717) is 0 Å². The maximum Gasteiger partial charge on any atom is 0.0605 e. The largest absolute Gasteiger partial charge is 0.319 e. The first-order valence-corrected chi connectivity index (χ1v) is 4.26. The molecule has 0 fully saturated rings. The van der Waals surface area contributed by atoms with Crippen molar-refractivity contribution in [1.82, 2.24) is 0 Å². The van der Waals surface area contributed by atoms with Gasteiger partial charge in [0, 0.05) is 5.33 Å². The summed E-state index contributed by atoms with van der Waals surface area (Å²) in [6.07, 6.45) is 2.19. The molecule has 0 aromatic heterocycles. The highest BCUT2D eigenvalue weighted by Crippen LogP contribution is 2.01. The van der Waals surface area contributed by atoms with Crippen LogP contribution in [0.25, 0.3) is 0 Å². The highest BCUT2D eigenvalue weighted by molar-refractivity contribution is 9.09. The molecule has 1 atom stereocenters. The summed E-state index contributed by atoms with van der Waals surface area (Å²) in [4.78, 5) is 0.185. The topological polar surface area (TPSA) is 26.0 Å². The first-order valence-electron chi connectivity index (χ1n) is 2.23. The third-order valence-electron chi connectivity index (χ3n) is 0.614. The van der Waals surface area contributed by atoms with E-state index in [1.165, 1.54) is 0 Å². The minimum Gasteiger partial charge on any atom is -0.319 e. The molecule has 0 rings (SSSR count). The maximum absolute atomic E-state index is 5.37. The summed E-state index contributed by atoms with van der Waals surface area (Å²) in [5.41, 5.74) is 5.37. The van der Waals surface area contributed by atoms with Crippen molar-refractivity contribution >= 4 is 31.9 Å². The van der Waals surface area contributed by atoms with E-state index in [1.54, 1.807) is 0 Å². The number of nitrogens with two attached hydrogens (primary N) is 1. The van der Waals surface area contributed by atoms with Gasteiger partial charge < -0.3 is 5.73 Å². The van der Waals surface area contributed by atoms with Crippen LogP contribution < -0.4 is 5.73 Å². The quantitative estimate of drug-likeness (QED) is 0.581. The SMILES string of the molecule is NC(Br)CCCBr. The molecular weight excluding hydrogens is 222 g/mol. The lowest BCUT2D eigenvalue weighted by Crippen LogP contribution is -2.09.